The lowest BCUT2D eigenvalue weighted by Crippen LogP contribution is -2.34. The minimum atomic E-state index is -0.226. The van der Waals surface area contributed by atoms with Gasteiger partial charge in [-0.15, -0.1) is 0 Å². The van der Waals surface area contributed by atoms with Crippen molar-refractivity contribution in [3.8, 4) is 23.0 Å². The average molecular weight is 443 g/mol. The Bertz CT molecular complexity index is 1360. The number of nitrogens with zero attached hydrogens (tertiary/aromatic N) is 1. The Balaban J connectivity index is 1.54. The fraction of sp³-hybridized carbons (Fsp3) is 0.222. The zero-order chi connectivity index (χ0) is 22.9. The first-order chi connectivity index (χ1) is 16.1. The molecule has 0 saturated carbocycles. The van der Waals surface area contributed by atoms with Crippen LogP contribution in [-0.4, -0.2) is 18.7 Å². The summed E-state index contributed by atoms with van der Waals surface area (Å²) in [4.78, 5) is 15.6. The van der Waals surface area contributed by atoms with Crippen molar-refractivity contribution in [3.63, 3.8) is 0 Å². The van der Waals surface area contributed by atoms with Crippen LogP contribution in [0.2, 0.25) is 0 Å². The van der Waals surface area contributed by atoms with E-state index in [1.54, 1.807) is 32.2 Å². The third-order valence-electron chi connectivity index (χ3n) is 6.10. The van der Waals surface area contributed by atoms with Gasteiger partial charge in [0.15, 0.2) is 11.5 Å². The first-order valence-electron chi connectivity index (χ1n) is 10.9. The van der Waals surface area contributed by atoms with E-state index in [4.69, 9.17) is 18.6 Å². The summed E-state index contributed by atoms with van der Waals surface area (Å²) in [6.07, 6.45) is 0. The number of rotatable bonds is 5. The molecule has 1 aromatic heterocycles. The van der Waals surface area contributed by atoms with Crippen molar-refractivity contribution in [2.24, 2.45) is 0 Å². The van der Waals surface area contributed by atoms with Crippen LogP contribution in [-0.2, 0) is 6.54 Å². The average Bonchev–Trinajstić information content (AvgIpc) is 2.86. The summed E-state index contributed by atoms with van der Waals surface area (Å²) >= 11 is 0. The van der Waals surface area contributed by atoms with Crippen molar-refractivity contribution < 1.29 is 18.6 Å². The highest BCUT2D eigenvalue weighted by atomic mass is 16.5. The van der Waals surface area contributed by atoms with E-state index in [-0.39, 0.29) is 17.2 Å². The molecule has 0 aliphatic carbocycles. The van der Waals surface area contributed by atoms with Gasteiger partial charge in [-0.1, -0.05) is 42.5 Å². The fourth-order valence-corrected chi connectivity index (χ4v) is 4.20. The molecule has 1 unspecified atom stereocenters. The van der Waals surface area contributed by atoms with Gasteiger partial charge in [-0.05, 0) is 43.7 Å². The van der Waals surface area contributed by atoms with Crippen molar-refractivity contribution >= 4 is 11.0 Å². The third-order valence-corrected chi connectivity index (χ3v) is 6.10. The lowest BCUT2D eigenvalue weighted by atomic mass is 10.0. The standard InChI is InChI=1S/C27H25NO5/c1-17(19-9-5-4-6-10-19)28-15-21-22(31-16-28)14-13-20-25(29)26(18(2)32-27(20)21)33-24-12-8-7-11-23(24)30-3/h4-14,17H,15-16H2,1-3H3. The summed E-state index contributed by atoms with van der Waals surface area (Å²) in [5.74, 6) is 2.29. The van der Waals surface area contributed by atoms with Crippen LogP contribution in [0.25, 0.3) is 11.0 Å². The van der Waals surface area contributed by atoms with Crippen LogP contribution in [0.4, 0.5) is 0 Å². The minimum Gasteiger partial charge on any atom is -0.493 e. The molecule has 0 fully saturated rings. The number of methoxy groups -OCH3 is 1. The van der Waals surface area contributed by atoms with Crippen molar-refractivity contribution in [3.05, 3.63) is 93.8 Å². The van der Waals surface area contributed by atoms with E-state index < -0.39 is 0 Å². The third kappa shape index (κ3) is 3.83. The molecule has 5 rings (SSSR count). The number of para-hydroxylation sites is 2. The maximum Gasteiger partial charge on any atom is 0.235 e. The SMILES string of the molecule is COc1ccccc1Oc1c(C)oc2c3c(ccc2c1=O)OCN(C(C)c1ccccc1)C3. The molecular weight excluding hydrogens is 418 g/mol. The molecule has 3 aromatic carbocycles. The second-order valence-electron chi connectivity index (χ2n) is 8.10. The second kappa shape index (κ2) is 8.64. The van der Waals surface area contributed by atoms with Crippen LogP contribution in [0.1, 0.15) is 29.9 Å². The van der Waals surface area contributed by atoms with E-state index in [9.17, 15) is 4.79 Å². The van der Waals surface area contributed by atoms with E-state index in [1.807, 2.05) is 36.4 Å². The van der Waals surface area contributed by atoms with Crippen molar-refractivity contribution in [1.29, 1.82) is 0 Å². The number of aryl methyl sites for hydroxylation is 1. The van der Waals surface area contributed by atoms with E-state index in [0.717, 1.165) is 11.3 Å². The summed E-state index contributed by atoms with van der Waals surface area (Å²) < 4.78 is 23.5. The number of hydrogen-bond acceptors (Lipinski definition) is 6. The molecule has 0 N–H and O–H groups in total. The van der Waals surface area contributed by atoms with Crippen LogP contribution in [0.3, 0.4) is 0 Å². The number of fused-ring (bicyclic) bond motifs is 3. The quantitative estimate of drug-likeness (QED) is 0.388. The first kappa shape index (κ1) is 21.1. The van der Waals surface area contributed by atoms with Gasteiger partial charge in [-0.3, -0.25) is 9.69 Å². The molecule has 0 saturated heterocycles. The van der Waals surface area contributed by atoms with Crippen molar-refractivity contribution in [2.45, 2.75) is 26.4 Å². The molecule has 0 spiro atoms. The van der Waals surface area contributed by atoms with Crippen LogP contribution in [0, 0.1) is 6.92 Å². The smallest absolute Gasteiger partial charge is 0.235 e. The highest BCUT2D eigenvalue weighted by Gasteiger charge is 2.27. The van der Waals surface area contributed by atoms with Crippen molar-refractivity contribution in [2.75, 3.05) is 13.8 Å². The Labute approximate surface area is 191 Å². The zero-order valence-corrected chi connectivity index (χ0v) is 18.8. The molecule has 0 radical (unpaired) electrons. The van der Waals surface area contributed by atoms with Gasteiger partial charge >= 0.3 is 0 Å². The monoisotopic (exact) mass is 443 g/mol. The highest BCUT2D eigenvalue weighted by Crippen LogP contribution is 2.37. The molecule has 1 aliphatic heterocycles. The summed E-state index contributed by atoms with van der Waals surface area (Å²) in [5, 5.41) is 0.460. The van der Waals surface area contributed by atoms with Crippen LogP contribution in [0.5, 0.6) is 23.0 Å². The van der Waals surface area contributed by atoms with Gasteiger partial charge in [0.05, 0.1) is 18.1 Å². The molecule has 33 heavy (non-hydrogen) atoms. The van der Waals surface area contributed by atoms with Gasteiger partial charge in [0.25, 0.3) is 0 Å². The van der Waals surface area contributed by atoms with Gasteiger partial charge in [-0.25, -0.2) is 0 Å². The summed E-state index contributed by atoms with van der Waals surface area (Å²) in [5.41, 5.74) is 2.38. The van der Waals surface area contributed by atoms with Crippen LogP contribution < -0.4 is 19.6 Å². The van der Waals surface area contributed by atoms with E-state index >= 15 is 0 Å². The summed E-state index contributed by atoms with van der Waals surface area (Å²) in [6, 6.07) is 21.2. The van der Waals surface area contributed by atoms with E-state index in [1.165, 1.54) is 5.56 Å². The second-order valence-corrected chi connectivity index (χ2v) is 8.10. The van der Waals surface area contributed by atoms with Crippen LogP contribution >= 0.6 is 0 Å². The molecule has 2 heterocycles. The molecule has 1 atom stereocenters. The predicted octanol–water partition coefficient (Wildman–Crippen LogP) is 5.82. The Morgan fingerprint density at radius 3 is 2.45 bits per heavy atom. The Hall–Kier alpha value is -3.77. The Morgan fingerprint density at radius 1 is 0.970 bits per heavy atom. The molecule has 0 bridgehead atoms. The minimum absolute atomic E-state index is 0.149. The summed E-state index contributed by atoms with van der Waals surface area (Å²) in [7, 11) is 1.56. The number of ether oxygens (including phenoxy) is 3. The molecule has 6 heteroatoms. The lowest BCUT2D eigenvalue weighted by molar-refractivity contribution is 0.0620. The van der Waals surface area contributed by atoms with Gasteiger partial charge in [0, 0.05) is 12.6 Å². The van der Waals surface area contributed by atoms with Gasteiger partial charge in [0.1, 0.15) is 23.8 Å². The van der Waals surface area contributed by atoms with Crippen LogP contribution in [0.15, 0.2) is 75.9 Å². The Kier molecular flexibility index (Phi) is 5.52. The fourth-order valence-electron chi connectivity index (χ4n) is 4.20. The van der Waals surface area contributed by atoms with Gasteiger partial charge < -0.3 is 18.6 Å². The zero-order valence-electron chi connectivity index (χ0n) is 18.8. The van der Waals surface area contributed by atoms with Gasteiger partial charge in [-0.2, -0.15) is 0 Å². The topological polar surface area (TPSA) is 61.1 Å². The van der Waals surface area contributed by atoms with Gasteiger partial charge in [0.2, 0.25) is 11.2 Å². The largest absolute Gasteiger partial charge is 0.493 e. The van der Waals surface area contributed by atoms with E-state index in [2.05, 4.69) is 24.0 Å². The molecule has 168 valence electrons. The normalized spacial score (nSPS) is 14.4. The highest BCUT2D eigenvalue weighted by molar-refractivity contribution is 5.83. The molecular formula is C27H25NO5. The summed E-state index contributed by atoms with van der Waals surface area (Å²) in [6.45, 7) is 4.96. The van der Waals surface area contributed by atoms with Crippen molar-refractivity contribution in [1.82, 2.24) is 4.90 Å². The predicted molar refractivity (Wildman–Crippen MR) is 126 cm³/mol. The Morgan fingerprint density at radius 2 is 1.70 bits per heavy atom. The molecule has 4 aromatic rings. The maximum absolute atomic E-state index is 13.4. The molecule has 0 amide bonds. The van der Waals surface area contributed by atoms with E-state index in [0.29, 0.717) is 41.5 Å². The molecule has 6 nitrogen and oxygen atoms in total. The number of benzene rings is 3. The maximum atomic E-state index is 13.4. The number of hydrogen-bond donors (Lipinski definition) is 0. The molecule has 1 aliphatic rings. The first-order valence-corrected chi connectivity index (χ1v) is 10.9. The lowest BCUT2D eigenvalue weighted by Gasteiger charge is -2.34.